The number of hydrogen-bond acceptors (Lipinski definition) is 17. The zero-order valence-electron chi connectivity index (χ0n) is 48.7. The van der Waals surface area contributed by atoms with E-state index < -0.39 is 69.3 Å². The van der Waals surface area contributed by atoms with Crippen molar-refractivity contribution in [1.82, 2.24) is 35.1 Å². The Labute approximate surface area is 516 Å². The summed E-state index contributed by atoms with van der Waals surface area (Å²) in [7, 11) is -3.26. The molecule has 8 aromatic rings. The van der Waals surface area contributed by atoms with Crippen LogP contribution >= 0.6 is 22.9 Å². The number of nitrogens with two attached hydrogens (primary N) is 1. The van der Waals surface area contributed by atoms with Crippen LogP contribution in [0.2, 0.25) is 5.02 Å². The van der Waals surface area contributed by atoms with E-state index in [0.29, 0.717) is 97.2 Å². The van der Waals surface area contributed by atoms with Crippen LogP contribution in [0, 0.1) is 24.6 Å². The molecule has 0 aliphatic carbocycles. The number of nitrogens with zero attached hydrogens (tertiary/aromatic N) is 6. The van der Waals surface area contributed by atoms with E-state index in [4.69, 9.17) is 46.3 Å². The monoisotopic (exact) mass is 1260 g/mol. The third kappa shape index (κ3) is 15.4. The molecule has 0 saturated carbocycles. The number of para-hydroxylation sites is 2. The molecular weight excluding hydrogens is 1190 g/mol. The Morgan fingerprint density at radius 3 is 2.26 bits per heavy atom. The van der Waals surface area contributed by atoms with Gasteiger partial charge in [0.05, 0.1) is 41.0 Å². The first-order valence-corrected chi connectivity index (χ1v) is 30.7. The number of benzene rings is 5. The third-order valence-corrected chi connectivity index (χ3v) is 17.5. The number of piperazine rings is 1. The van der Waals surface area contributed by atoms with E-state index in [-0.39, 0.29) is 56.3 Å². The van der Waals surface area contributed by atoms with Gasteiger partial charge in [-0.3, -0.25) is 23.8 Å². The van der Waals surface area contributed by atoms with Crippen LogP contribution in [0.3, 0.4) is 0 Å². The average molecular weight is 1260 g/mol. The molecule has 0 radical (unpaired) electrons. The van der Waals surface area contributed by atoms with Gasteiger partial charge in [-0.25, -0.2) is 29.1 Å². The van der Waals surface area contributed by atoms with Gasteiger partial charge in [-0.1, -0.05) is 80.0 Å². The fourth-order valence-electron chi connectivity index (χ4n) is 9.99. The van der Waals surface area contributed by atoms with Gasteiger partial charge in [-0.05, 0) is 103 Å². The number of halogens is 2. The van der Waals surface area contributed by atoms with Crippen molar-refractivity contribution < 1.29 is 60.6 Å². The van der Waals surface area contributed by atoms with Crippen molar-refractivity contribution in [2.75, 3.05) is 51.8 Å². The highest BCUT2D eigenvalue weighted by Crippen LogP contribution is 2.48. The number of carboxylic acids is 1. The zero-order chi connectivity index (χ0) is 62.8. The molecule has 1 saturated heterocycles. The maximum absolute atomic E-state index is 14.4. The summed E-state index contributed by atoms with van der Waals surface area (Å²) in [5.41, 5.74) is 11.1. The van der Waals surface area contributed by atoms with Crippen molar-refractivity contribution in [3.8, 4) is 50.2 Å². The van der Waals surface area contributed by atoms with E-state index in [0.717, 1.165) is 16.5 Å². The molecule has 3 amide bonds. The molecule has 3 atom stereocenters. The summed E-state index contributed by atoms with van der Waals surface area (Å²) in [5.74, 6) is -1.78. The quantitative estimate of drug-likeness (QED) is 0.0352. The summed E-state index contributed by atoms with van der Waals surface area (Å²) in [4.78, 5) is 74.6. The lowest BCUT2D eigenvalue weighted by Gasteiger charge is -2.34. The lowest BCUT2D eigenvalue weighted by Crippen LogP contribution is -2.50. The Balaban J connectivity index is 0.845. The van der Waals surface area contributed by atoms with Crippen molar-refractivity contribution in [2.24, 2.45) is 17.6 Å². The number of nitrogens with one attached hydrogen (secondary N) is 2. The molecule has 21 nitrogen and oxygen atoms in total. The second-order valence-electron chi connectivity index (χ2n) is 21.3. The molecule has 9 rings (SSSR count). The molecule has 460 valence electrons. The highest BCUT2D eigenvalue weighted by Gasteiger charge is 2.30. The number of carbonyl (C=O) groups is 4. The topological polar surface area (TPSA) is 288 Å². The number of fused-ring (bicyclic) bond motifs is 1. The number of carboxylic acid groups (broad SMARTS) is 1. The number of ether oxygens (including phenoxy) is 4. The highest BCUT2D eigenvalue weighted by molar-refractivity contribution is 7.85. The molecule has 88 heavy (non-hydrogen) atoms. The molecule has 1 aliphatic heterocycles. The van der Waals surface area contributed by atoms with Crippen LogP contribution in [-0.4, -0.2) is 130 Å². The summed E-state index contributed by atoms with van der Waals surface area (Å²) >= 11 is 8.54. The number of methoxy groups -OCH3 is 1. The van der Waals surface area contributed by atoms with Crippen LogP contribution in [0.5, 0.6) is 17.2 Å². The van der Waals surface area contributed by atoms with E-state index in [1.165, 1.54) is 53.8 Å². The number of aromatic nitrogens is 4. The largest absolute Gasteiger partial charge is 0.496 e. The van der Waals surface area contributed by atoms with Crippen molar-refractivity contribution in [1.29, 1.82) is 0 Å². The Morgan fingerprint density at radius 1 is 0.818 bits per heavy atom. The molecule has 6 N–H and O–H groups in total. The molecule has 3 aromatic heterocycles. The summed E-state index contributed by atoms with van der Waals surface area (Å²) in [6, 6.07) is 28.1. The van der Waals surface area contributed by atoms with Gasteiger partial charge in [0, 0.05) is 72.4 Å². The molecule has 1 fully saturated rings. The number of aliphatic carboxylic acids is 1. The maximum Gasteiger partial charge on any atom is 0.410 e. The number of carbonyl (C=O) groups excluding carboxylic acids is 3. The van der Waals surface area contributed by atoms with E-state index in [1.54, 1.807) is 57.5 Å². The number of amides is 3. The van der Waals surface area contributed by atoms with Crippen LogP contribution in [0.25, 0.3) is 43.2 Å². The number of hydrogen-bond donors (Lipinski definition) is 5. The molecule has 0 spiro atoms. The first-order valence-electron chi connectivity index (χ1n) is 28.1. The van der Waals surface area contributed by atoms with Crippen LogP contribution in [-0.2, 0) is 55.3 Å². The van der Waals surface area contributed by atoms with Crippen LogP contribution in [0.15, 0.2) is 127 Å². The maximum atomic E-state index is 14.4. The minimum absolute atomic E-state index is 0.00942. The number of anilines is 1. The molecule has 0 bridgehead atoms. The van der Waals surface area contributed by atoms with Gasteiger partial charge in [-0.15, -0.1) is 11.3 Å². The standard InChI is InChI=1S/C63H65ClFN9O12S2/c1-36(2)56(66)60(76)70-38(4)59(75)72-44-19-16-41(52(32-44)88(80,81)82)33-86-63(79)74-26-24-73(25-27-74)28-29-84-51-21-20-46(37(3)55(51)64)53-54-48(68-35-69-61(54)87-57(53)39-14-17-43(65)18-15-39)31-42(62(77)78)30-40-10-6-8-12-49(40)85-34-45-22-23-67-58(71-45)47-11-7-9-13-50(47)83-5/h6-23,32,35-36,38,42,56H,24-31,33-34,66H2,1-5H3,(H,70,76)(H,72,75)(H,77,78)(H,80,81,82)/t38-,42-,56-/m0/s1. The molecule has 1 aliphatic rings. The van der Waals surface area contributed by atoms with Gasteiger partial charge in [0.25, 0.3) is 10.1 Å². The van der Waals surface area contributed by atoms with E-state index >= 15 is 0 Å². The third-order valence-electron chi connectivity index (χ3n) is 15.0. The van der Waals surface area contributed by atoms with Crippen LogP contribution < -0.4 is 30.6 Å². The van der Waals surface area contributed by atoms with E-state index in [1.807, 2.05) is 55.5 Å². The lowest BCUT2D eigenvalue weighted by molar-refractivity contribution is -0.141. The van der Waals surface area contributed by atoms with Gasteiger partial charge >= 0.3 is 12.1 Å². The summed E-state index contributed by atoms with van der Waals surface area (Å²) < 4.78 is 73.0. The van der Waals surface area contributed by atoms with Gasteiger partial charge < -0.3 is 45.3 Å². The SMILES string of the molecule is COc1ccccc1-c1nccc(COc2ccccc2C[C@@H](Cc2ncnc3sc(-c4ccc(F)cc4)c(-c4ccc(OCCN5CCN(C(=O)OCc6ccc(NC(=O)[C@H](C)NC(=O)[C@@H](N)C(C)C)cc6S(=O)(=O)O)CC5)c(Cl)c4C)c23)C(=O)O)n1. The average Bonchev–Trinajstić information content (AvgIpc) is 1.63. The predicted octanol–water partition coefficient (Wildman–Crippen LogP) is 9.66. The van der Waals surface area contributed by atoms with E-state index in [9.17, 15) is 41.6 Å². The van der Waals surface area contributed by atoms with Crippen molar-refractivity contribution >= 4 is 72.8 Å². The van der Waals surface area contributed by atoms with E-state index in [2.05, 4.69) is 25.5 Å². The zero-order valence-corrected chi connectivity index (χ0v) is 51.1. The molecule has 4 heterocycles. The first kappa shape index (κ1) is 63.8. The summed E-state index contributed by atoms with van der Waals surface area (Å²) in [5, 5.41) is 16.9. The first-order chi connectivity index (χ1) is 42.2. The molecule has 0 unspecified atom stereocenters. The highest BCUT2D eigenvalue weighted by atomic mass is 35.5. The summed E-state index contributed by atoms with van der Waals surface area (Å²) in [6.45, 7) is 8.58. The van der Waals surface area contributed by atoms with Crippen molar-refractivity contribution in [3.63, 3.8) is 0 Å². The summed E-state index contributed by atoms with van der Waals surface area (Å²) in [6.07, 6.45) is 2.48. The van der Waals surface area contributed by atoms with Gasteiger partial charge in [-0.2, -0.15) is 8.42 Å². The van der Waals surface area contributed by atoms with Gasteiger partial charge in [0.15, 0.2) is 5.82 Å². The Bertz CT molecular complexity index is 3980. The second-order valence-corrected chi connectivity index (χ2v) is 24.1. The molecule has 25 heteroatoms. The van der Waals surface area contributed by atoms with Crippen molar-refractivity contribution in [3.05, 3.63) is 161 Å². The van der Waals surface area contributed by atoms with Gasteiger partial charge in [0.1, 0.15) is 65.0 Å². The Kier molecular flexibility index (Phi) is 20.6. The lowest BCUT2D eigenvalue weighted by atomic mass is 9.90. The molecular formula is C63H65ClFN9O12S2. The second kappa shape index (κ2) is 28.5. The van der Waals surface area contributed by atoms with Crippen LogP contribution in [0.4, 0.5) is 14.9 Å². The minimum atomic E-state index is -4.84. The smallest absolute Gasteiger partial charge is 0.410 e. The fraction of sp³-hybridized carbons (Fsp3) is 0.302. The predicted molar refractivity (Wildman–Crippen MR) is 330 cm³/mol. The Hall–Kier alpha value is -8.65. The van der Waals surface area contributed by atoms with Crippen molar-refractivity contribution in [2.45, 2.75) is 70.7 Å². The fourth-order valence-corrected chi connectivity index (χ4v) is 12.1. The normalized spacial score (nSPS) is 13.8. The molecule has 5 aromatic carbocycles. The Morgan fingerprint density at radius 2 is 1.55 bits per heavy atom. The number of thiophene rings is 1. The van der Waals surface area contributed by atoms with Gasteiger partial charge in [0.2, 0.25) is 11.8 Å². The van der Waals surface area contributed by atoms with Crippen LogP contribution in [0.1, 0.15) is 48.8 Å². The number of rotatable bonds is 24. The minimum Gasteiger partial charge on any atom is -0.496 e.